The van der Waals surface area contributed by atoms with Crippen LogP contribution in [0.2, 0.25) is 0 Å². The lowest BCUT2D eigenvalue weighted by atomic mass is 9.96. The molecule has 0 aliphatic rings. The summed E-state index contributed by atoms with van der Waals surface area (Å²) in [5, 5.41) is 8.72. The van der Waals surface area contributed by atoms with E-state index in [4.69, 9.17) is 20.3 Å². The molecule has 1 unspecified atom stereocenters. The number of hydrogen-bond acceptors (Lipinski definition) is 4. The van der Waals surface area contributed by atoms with E-state index in [0.29, 0.717) is 12.2 Å². The molecule has 5 nitrogen and oxygen atoms in total. The molecule has 1 atom stereocenters. The molecule has 0 aliphatic heterocycles. The normalized spacial score (nSPS) is 12.1. The van der Waals surface area contributed by atoms with Crippen molar-refractivity contribution in [2.45, 2.75) is 32.7 Å². The Hall–Kier alpha value is -1.75. The van der Waals surface area contributed by atoms with Crippen LogP contribution in [0.3, 0.4) is 0 Å². The molecule has 3 N–H and O–H groups in total. The number of carbonyl (C=O) groups is 1. The standard InChI is InChI=1S/C14H21NO4/c1-8-9(2)14(19-4)10(7-12(8)18-3)11(15)5-6-13(16)17/h7,11H,5-6,15H2,1-4H3,(H,16,17). The van der Waals surface area contributed by atoms with Gasteiger partial charge in [-0.3, -0.25) is 4.79 Å². The van der Waals surface area contributed by atoms with Crippen LogP contribution < -0.4 is 15.2 Å². The minimum Gasteiger partial charge on any atom is -0.496 e. The van der Waals surface area contributed by atoms with Gasteiger partial charge < -0.3 is 20.3 Å². The van der Waals surface area contributed by atoms with Crippen LogP contribution in [-0.2, 0) is 4.79 Å². The maximum Gasteiger partial charge on any atom is 0.303 e. The molecule has 19 heavy (non-hydrogen) atoms. The van der Waals surface area contributed by atoms with Gasteiger partial charge in [0.2, 0.25) is 0 Å². The van der Waals surface area contributed by atoms with Gasteiger partial charge >= 0.3 is 5.97 Å². The number of rotatable bonds is 6. The first-order valence-electron chi connectivity index (χ1n) is 6.11. The SMILES string of the molecule is COc1cc(C(N)CCC(=O)O)c(OC)c(C)c1C. The van der Waals surface area contributed by atoms with Crippen LogP contribution in [0, 0.1) is 13.8 Å². The Morgan fingerprint density at radius 2 is 1.95 bits per heavy atom. The molecule has 0 aliphatic carbocycles. The first kappa shape index (κ1) is 15.3. The highest BCUT2D eigenvalue weighted by molar-refractivity contribution is 5.66. The predicted molar refractivity (Wildman–Crippen MR) is 72.8 cm³/mol. The van der Waals surface area contributed by atoms with Crippen LogP contribution in [0.1, 0.15) is 35.6 Å². The maximum atomic E-state index is 10.6. The summed E-state index contributed by atoms with van der Waals surface area (Å²) in [6.45, 7) is 3.88. The van der Waals surface area contributed by atoms with E-state index in [0.717, 1.165) is 22.4 Å². The van der Waals surface area contributed by atoms with Gasteiger partial charge in [0.15, 0.2) is 0 Å². The van der Waals surface area contributed by atoms with Crippen molar-refractivity contribution in [2.24, 2.45) is 5.73 Å². The Labute approximate surface area is 113 Å². The maximum absolute atomic E-state index is 10.6. The van der Waals surface area contributed by atoms with Crippen LogP contribution in [0.25, 0.3) is 0 Å². The molecule has 0 radical (unpaired) electrons. The number of aliphatic carboxylic acids is 1. The minimum atomic E-state index is -0.856. The molecule has 0 heterocycles. The van der Waals surface area contributed by atoms with E-state index in [2.05, 4.69) is 0 Å². The third-order valence-corrected chi connectivity index (χ3v) is 3.31. The van der Waals surface area contributed by atoms with Crippen molar-refractivity contribution in [3.05, 3.63) is 22.8 Å². The van der Waals surface area contributed by atoms with Gasteiger partial charge in [-0.25, -0.2) is 0 Å². The molecule has 1 aromatic carbocycles. The summed E-state index contributed by atoms with van der Waals surface area (Å²) in [6, 6.07) is 1.44. The summed E-state index contributed by atoms with van der Waals surface area (Å²) in [4.78, 5) is 10.6. The third-order valence-electron chi connectivity index (χ3n) is 3.31. The van der Waals surface area contributed by atoms with Crippen molar-refractivity contribution >= 4 is 5.97 Å². The van der Waals surface area contributed by atoms with Crippen LogP contribution in [0.5, 0.6) is 11.5 Å². The van der Waals surface area contributed by atoms with Gasteiger partial charge in [0.1, 0.15) is 11.5 Å². The highest BCUT2D eigenvalue weighted by Gasteiger charge is 2.19. The minimum absolute atomic E-state index is 0.0273. The van der Waals surface area contributed by atoms with E-state index in [1.807, 2.05) is 19.9 Å². The van der Waals surface area contributed by atoms with Gasteiger partial charge in [-0.2, -0.15) is 0 Å². The molecule has 0 saturated heterocycles. The first-order chi connectivity index (χ1) is 8.92. The van der Waals surface area contributed by atoms with Gasteiger partial charge in [-0.05, 0) is 37.5 Å². The second-order valence-electron chi connectivity index (χ2n) is 4.49. The second-order valence-corrected chi connectivity index (χ2v) is 4.49. The Kier molecular flexibility index (Phi) is 5.18. The molecular weight excluding hydrogens is 246 g/mol. The Bertz CT molecular complexity index is 471. The van der Waals surface area contributed by atoms with Crippen molar-refractivity contribution in [1.82, 2.24) is 0 Å². The molecule has 0 fully saturated rings. The molecule has 5 heteroatoms. The van der Waals surface area contributed by atoms with Gasteiger partial charge in [0, 0.05) is 18.0 Å². The summed E-state index contributed by atoms with van der Waals surface area (Å²) < 4.78 is 10.7. The van der Waals surface area contributed by atoms with Crippen LogP contribution in [-0.4, -0.2) is 25.3 Å². The molecule has 0 saturated carbocycles. The van der Waals surface area contributed by atoms with Crippen LogP contribution in [0.4, 0.5) is 0 Å². The Morgan fingerprint density at radius 1 is 1.32 bits per heavy atom. The van der Waals surface area contributed by atoms with Crippen molar-refractivity contribution in [3.63, 3.8) is 0 Å². The summed E-state index contributed by atoms with van der Waals surface area (Å²) in [5.74, 6) is 0.584. The van der Waals surface area contributed by atoms with E-state index in [9.17, 15) is 4.79 Å². The quantitative estimate of drug-likeness (QED) is 0.825. The Balaban J connectivity index is 3.17. The molecule has 1 rings (SSSR count). The van der Waals surface area contributed by atoms with Gasteiger partial charge in [0.25, 0.3) is 0 Å². The lowest BCUT2D eigenvalue weighted by Gasteiger charge is -2.20. The van der Waals surface area contributed by atoms with E-state index < -0.39 is 5.97 Å². The number of carboxylic acid groups (broad SMARTS) is 1. The zero-order valence-corrected chi connectivity index (χ0v) is 11.8. The second kappa shape index (κ2) is 6.43. The van der Waals surface area contributed by atoms with E-state index in [1.54, 1.807) is 14.2 Å². The number of benzene rings is 1. The largest absolute Gasteiger partial charge is 0.496 e. The number of ether oxygens (including phenoxy) is 2. The zero-order chi connectivity index (χ0) is 14.6. The average Bonchev–Trinajstić information content (AvgIpc) is 2.38. The number of hydrogen-bond donors (Lipinski definition) is 2. The molecule has 1 aromatic rings. The van der Waals surface area contributed by atoms with E-state index in [1.165, 1.54) is 0 Å². The summed E-state index contributed by atoms with van der Waals surface area (Å²) in [5.41, 5.74) is 8.80. The number of methoxy groups -OCH3 is 2. The first-order valence-corrected chi connectivity index (χ1v) is 6.11. The van der Waals surface area contributed by atoms with Crippen LogP contribution in [0.15, 0.2) is 6.07 Å². The predicted octanol–water partition coefficient (Wildman–Crippen LogP) is 2.19. The van der Waals surface area contributed by atoms with Gasteiger partial charge in [-0.15, -0.1) is 0 Å². The van der Waals surface area contributed by atoms with Crippen molar-refractivity contribution in [1.29, 1.82) is 0 Å². The topological polar surface area (TPSA) is 81.8 Å². The molecule has 0 spiro atoms. The molecule has 0 amide bonds. The van der Waals surface area contributed by atoms with Crippen molar-refractivity contribution in [2.75, 3.05) is 14.2 Å². The van der Waals surface area contributed by atoms with Crippen molar-refractivity contribution in [3.8, 4) is 11.5 Å². The number of carboxylic acids is 1. The molecule has 0 aromatic heterocycles. The lowest BCUT2D eigenvalue weighted by Crippen LogP contribution is -2.14. The molecule has 0 bridgehead atoms. The zero-order valence-electron chi connectivity index (χ0n) is 11.8. The third kappa shape index (κ3) is 3.38. The summed E-state index contributed by atoms with van der Waals surface area (Å²) >= 11 is 0. The average molecular weight is 267 g/mol. The summed E-state index contributed by atoms with van der Waals surface area (Å²) in [7, 11) is 3.18. The molecular formula is C14H21NO4. The van der Waals surface area contributed by atoms with E-state index >= 15 is 0 Å². The number of nitrogens with two attached hydrogens (primary N) is 1. The van der Waals surface area contributed by atoms with Gasteiger partial charge in [-0.1, -0.05) is 0 Å². The fourth-order valence-electron chi connectivity index (χ4n) is 2.08. The van der Waals surface area contributed by atoms with Crippen LogP contribution >= 0.6 is 0 Å². The fraction of sp³-hybridized carbons (Fsp3) is 0.500. The molecule has 106 valence electrons. The van der Waals surface area contributed by atoms with Gasteiger partial charge in [0.05, 0.1) is 14.2 Å². The monoisotopic (exact) mass is 267 g/mol. The summed E-state index contributed by atoms with van der Waals surface area (Å²) in [6.07, 6.45) is 0.386. The highest BCUT2D eigenvalue weighted by atomic mass is 16.5. The van der Waals surface area contributed by atoms with E-state index in [-0.39, 0.29) is 12.5 Å². The Morgan fingerprint density at radius 3 is 2.42 bits per heavy atom. The highest BCUT2D eigenvalue weighted by Crippen LogP contribution is 2.37. The smallest absolute Gasteiger partial charge is 0.303 e. The van der Waals surface area contributed by atoms with Crippen molar-refractivity contribution < 1.29 is 19.4 Å². The fourth-order valence-corrected chi connectivity index (χ4v) is 2.08. The lowest BCUT2D eigenvalue weighted by molar-refractivity contribution is -0.137.